The Labute approximate surface area is 111 Å². The number of ether oxygens (including phenoxy) is 2. The van der Waals surface area contributed by atoms with Crippen molar-refractivity contribution < 1.29 is 13.9 Å². The smallest absolute Gasteiger partial charge is 0.253 e. The molecule has 0 radical (unpaired) electrons. The van der Waals surface area contributed by atoms with Gasteiger partial charge < -0.3 is 19.6 Å². The van der Waals surface area contributed by atoms with Crippen molar-refractivity contribution in [3.05, 3.63) is 35.5 Å². The zero-order chi connectivity index (χ0) is 13.8. The second-order valence-corrected chi connectivity index (χ2v) is 4.20. The first-order valence-corrected chi connectivity index (χ1v) is 5.95. The van der Waals surface area contributed by atoms with Crippen molar-refractivity contribution in [2.24, 2.45) is 5.73 Å². The van der Waals surface area contributed by atoms with Gasteiger partial charge in [-0.3, -0.25) is 0 Å². The molecule has 19 heavy (non-hydrogen) atoms. The second-order valence-electron chi connectivity index (χ2n) is 4.20. The average Bonchev–Trinajstić information content (AvgIpc) is 2.81. The standard InChI is InChI=1S/C13H17N3O3/c1-8(14)11-5-4-10(17-3)6-12(11)18-7-13-16-15-9(2)19-13/h4-6,8H,7,14H2,1-3H3/t8-/m1/s1. The molecule has 0 bridgehead atoms. The van der Waals surface area contributed by atoms with Crippen LogP contribution in [0, 0.1) is 6.92 Å². The third-order valence-electron chi connectivity index (χ3n) is 2.63. The number of aromatic nitrogens is 2. The monoisotopic (exact) mass is 263 g/mol. The van der Waals surface area contributed by atoms with Crippen molar-refractivity contribution in [2.75, 3.05) is 7.11 Å². The first-order valence-electron chi connectivity index (χ1n) is 5.95. The zero-order valence-corrected chi connectivity index (χ0v) is 11.2. The van der Waals surface area contributed by atoms with Crippen LogP contribution in [0.5, 0.6) is 11.5 Å². The minimum Gasteiger partial charge on any atom is -0.497 e. The number of aryl methyl sites for hydroxylation is 1. The molecule has 2 rings (SSSR count). The van der Waals surface area contributed by atoms with Gasteiger partial charge in [0, 0.05) is 24.6 Å². The Morgan fingerprint density at radius 3 is 2.74 bits per heavy atom. The highest BCUT2D eigenvalue weighted by molar-refractivity contribution is 5.42. The normalized spacial score (nSPS) is 12.2. The van der Waals surface area contributed by atoms with Gasteiger partial charge in [0.15, 0.2) is 6.61 Å². The predicted octanol–water partition coefficient (Wildman–Crippen LogP) is 1.99. The van der Waals surface area contributed by atoms with Crippen LogP contribution in [0.1, 0.15) is 30.3 Å². The highest BCUT2D eigenvalue weighted by Gasteiger charge is 2.11. The van der Waals surface area contributed by atoms with Gasteiger partial charge in [0.05, 0.1) is 7.11 Å². The molecule has 0 saturated carbocycles. The van der Waals surface area contributed by atoms with E-state index in [1.54, 1.807) is 20.1 Å². The molecule has 0 aliphatic rings. The van der Waals surface area contributed by atoms with Gasteiger partial charge in [-0.15, -0.1) is 10.2 Å². The zero-order valence-electron chi connectivity index (χ0n) is 11.2. The highest BCUT2D eigenvalue weighted by Crippen LogP contribution is 2.29. The van der Waals surface area contributed by atoms with Gasteiger partial charge in [0.2, 0.25) is 5.89 Å². The number of methoxy groups -OCH3 is 1. The molecule has 1 heterocycles. The Kier molecular flexibility index (Phi) is 4.01. The summed E-state index contributed by atoms with van der Waals surface area (Å²) < 4.78 is 16.1. The fourth-order valence-corrected chi connectivity index (χ4v) is 1.68. The predicted molar refractivity (Wildman–Crippen MR) is 69.0 cm³/mol. The number of nitrogens with two attached hydrogens (primary N) is 1. The molecule has 0 aliphatic carbocycles. The third kappa shape index (κ3) is 3.23. The van der Waals surface area contributed by atoms with E-state index < -0.39 is 0 Å². The molecule has 0 amide bonds. The van der Waals surface area contributed by atoms with Crippen molar-refractivity contribution in [3.8, 4) is 11.5 Å². The van der Waals surface area contributed by atoms with E-state index in [1.807, 2.05) is 19.1 Å². The quantitative estimate of drug-likeness (QED) is 0.888. The molecular formula is C13H17N3O3. The van der Waals surface area contributed by atoms with Crippen LogP contribution < -0.4 is 15.2 Å². The molecule has 2 aromatic rings. The van der Waals surface area contributed by atoms with Gasteiger partial charge in [-0.2, -0.15) is 0 Å². The van der Waals surface area contributed by atoms with Gasteiger partial charge >= 0.3 is 0 Å². The van der Waals surface area contributed by atoms with Crippen LogP contribution in [0.2, 0.25) is 0 Å². The molecule has 0 aliphatic heterocycles. The Morgan fingerprint density at radius 2 is 2.16 bits per heavy atom. The molecule has 1 aromatic heterocycles. The molecule has 6 heteroatoms. The minimum absolute atomic E-state index is 0.134. The van der Waals surface area contributed by atoms with E-state index in [1.165, 1.54) is 0 Å². The molecule has 0 unspecified atom stereocenters. The minimum atomic E-state index is -0.134. The van der Waals surface area contributed by atoms with Gasteiger partial charge in [-0.1, -0.05) is 6.07 Å². The number of rotatable bonds is 5. The topological polar surface area (TPSA) is 83.4 Å². The summed E-state index contributed by atoms with van der Waals surface area (Å²) in [6.07, 6.45) is 0. The van der Waals surface area contributed by atoms with Gasteiger partial charge in [-0.05, 0) is 13.0 Å². The maximum Gasteiger partial charge on any atom is 0.253 e. The molecule has 0 spiro atoms. The molecule has 1 atom stereocenters. The van der Waals surface area contributed by atoms with E-state index >= 15 is 0 Å². The van der Waals surface area contributed by atoms with Crippen molar-refractivity contribution in [2.45, 2.75) is 26.5 Å². The Hall–Kier alpha value is -2.08. The van der Waals surface area contributed by atoms with Gasteiger partial charge in [-0.25, -0.2) is 0 Å². The molecule has 0 saturated heterocycles. The summed E-state index contributed by atoms with van der Waals surface area (Å²) in [5, 5.41) is 7.62. The lowest BCUT2D eigenvalue weighted by Crippen LogP contribution is -2.08. The van der Waals surface area contributed by atoms with E-state index in [0.717, 1.165) is 5.56 Å². The summed E-state index contributed by atoms with van der Waals surface area (Å²) in [6, 6.07) is 5.40. The fourth-order valence-electron chi connectivity index (χ4n) is 1.68. The highest BCUT2D eigenvalue weighted by atomic mass is 16.5. The van der Waals surface area contributed by atoms with E-state index in [4.69, 9.17) is 19.6 Å². The van der Waals surface area contributed by atoms with E-state index in [0.29, 0.717) is 23.3 Å². The number of benzene rings is 1. The molecule has 6 nitrogen and oxygen atoms in total. The van der Waals surface area contributed by atoms with E-state index in [2.05, 4.69) is 10.2 Å². The number of hydrogen-bond acceptors (Lipinski definition) is 6. The van der Waals surface area contributed by atoms with E-state index in [-0.39, 0.29) is 12.6 Å². The van der Waals surface area contributed by atoms with Crippen molar-refractivity contribution in [3.63, 3.8) is 0 Å². The lowest BCUT2D eigenvalue weighted by atomic mass is 10.1. The molecule has 0 fully saturated rings. The first kappa shape index (κ1) is 13.4. The Morgan fingerprint density at radius 1 is 1.37 bits per heavy atom. The molecular weight excluding hydrogens is 246 g/mol. The van der Waals surface area contributed by atoms with Crippen LogP contribution in [-0.2, 0) is 6.61 Å². The van der Waals surface area contributed by atoms with Gasteiger partial charge in [0.1, 0.15) is 11.5 Å². The lowest BCUT2D eigenvalue weighted by molar-refractivity contribution is 0.256. The summed E-state index contributed by atoms with van der Waals surface area (Å²) >= 11 is 0. The number of hydrogen-bond donors (Lipinski definition) is 1. The lowest BCUT2D eigenvalue weighted by Gasteiger charge is -2.14. The van der Waals surface area contributed by atoms with Crippen LogP contribution in [0.25, 0.3) is 0 Å². The summed E-state index contributed by atoms with van der Waals surface area (Å²) in [5.41, 5.74) is 6.81. The summed E-state index contributed by atoms with van der Waals surface area (Å²) in [6.45, 7) is 3.83. The molecule has 2 N–H and O–H groups in total. The average molecular weight is 263 g/mol. The first-order chi connectivity index (χ1) is 9.10. The second kappa shape index (κ2) is 5.71. The van der Waals surface area contributed by atoms with Crippen LogP contribution in [0.15, 0.2) is 22.6 Å². The number of nitrogens with zero attached hydrogens (tertiary/aromatic N) is 2. The van der Waals surface area contributed by atoms with Crippen molar-refractivity contribution in [1.29, 1.82) is 0 Å². The molecule has 1 aromatic carbocycles. The Bertz CT molecular complexity index is 552. The van der Waals surface area contributed by atoms with Crippen LogP contribution >= 0.6 is 0 Å². The maximum absolute atomic E-state index is 5.91. The van der Waals surface area contributed by atoms with Gasteiger partial charge in [0.25, 0.3) is 5.89 Å². The molecule has 102 valence electrons. The third-order valence-corrected chi connectivity index (χ3v) is 2.63. The fraction of sp³-hybridized carbons (Fsp3) is 0.385. The van der Waals surface area contributed by atoms with Crippen LogP contribution in [0.3, 0.4) is 0 Å². The van der Waals surface area contributed by atoms with Crippen molar-refractivity contribution >= 4 is 0 Å². The summed E-state index contributed by atoms with van der Waals surface area (Å²) in [5.74, 6) is 2.30. The van der Waals surface area contributed by atoms with E-state index in [9.17, 15) is 0 Å². The SMILES string of the molecule is COc1ccc([C@@H](C)N)c(OCc2nnc(C)o2)c1. The summed E-state index contributed by atoms with van der Waals surface area (Å²) in [4.78, 5) is 0. The summed E-state index contributed by atoms with van der Waals surface area (Å²) in [7, 11) is 1.60. The van der Waals surface area contributed by atoms with Crippen molar-refractivity contribution in [1.82, 2.24) is 10.2 Å². The Balaban J connectivity index is 2.17. The van der Waals surface area contributed by atoms with Crippen LogP contribution in [0.4, 0.5) is 0 Å². The van der Waals surface area contributed by atoms with Crippen LogP contribution in [-0.4, -0.2) is 17.3 Å². The maximum atomic E-state index is 5.91. The largest absolute Gasteiger partial charge is 0.497 e.